The number of amides is 1. The molecule has 1 heterocycles. The molecule has 0 spiro atoms. The highest BCUT2D eigenvalue weighted by Gasteiger charge is 2.15. The lowest BCUT2D eigenvalue weighted by Crippen LogP contribution is -2.28. The fourth-order valence-corrected chi connectivity index (χ4v) is 2.86. The minimum Gasteiger partial charge on any atom is -0.375 e. The van der Waals surface area contributed by atoms with Crippen LogP contribution in [0.25, 0.3) is 11.0 Å². The van der Waals surface area contributed by atoms with Crippen molar-refractivity contribution in [3.05, 3.63) is 64.7 Å². The fraction of sp³-hybridized carbons (Fsp3) is 0.222. The van der Waals surface area contributed by atoms with E-state index < -0.39 is 0 Å². The average molecular weight is 362 g/mol. The number of hydrogen-bond acceptors (Lipinski definition) is 3. The molecule has 0 saturated heterocycles. The molecule has 0 aliphatic carbocycles. The van der Waals surface area contributed by atoms with Crippen LogP contribution >= 0.6 is 11.6 Å². The minimum absolute atomic E-state index is 0.0284. The van der Waals surface area contributed by atoms with E-state index >= 15 is 0 Å². The van der Waals surface area contributed by atoms with Gasteiger partial charge in [-0.1, -0.05) is 29.8 Å². The van der Waals surface area contributed by atoms with Gasteiger partial charge in [-0.25, -0.2) is 9.37 Å². The SMILES string of the molecule is COCC(=O)NCc1nc2ccccc2n1Cc1c(F)cccc1Cl. The first-order valence-corrected chi connectivity index (χ1v) is 8.10. The fourth-order valence-electron chi connectivity index (χ4n) is 2.64. The summed E-state index contributed by atoms with van der Waals surface area (Å²) in [6.07, 6.45) is 0. The van der Waals surface area contributed by atoms with Crippen LogP contribution in [0.3, 0.4) is 0 Å². The zero-order valence-corrected chi connectivity index (χ0v) is 14.4. The Morgan fingerprint density at radius 2 is 2.08 bits per heavy atom. The molecule has 0 aliphatic rings. The Balaban J connectivity index is 1.97. The summed E-state index contributed by atoms with van der Waals surface area (Å²) in [7, 11) is 1.45. The van der Waals surface area contributed by atoms with Gasteiger partial charge in [0.15, 0.2) is 0 Å². The number of aromatic nitrogens is 2. The van der Waals surface area contributed by atoms with Gasteiger partial charge in [-0.3, -0.25) is 4.79 Å². The summed E-state index contributed by atoms with van der Waals surface area (Å²) in [4.78, 5) is 16.2. The van der Waals surface area contributed by atoms with Crippen LogP contribution < -0.4 is 5.32 Å². The molecule has 5 nitrogen and oxygen atoms in total. The summed E-state index contributed by atoms with van der Waals surface area (Å²) in [6, 6.07) is 12.1. The first-order valence-electron chi connectivity index (χ1n) is 7.73. The Kier molecular flexibility index (Phi) is 5.31. The zero-order valence-electron chi connectivity index (χ0n) is 13.6. The first kappa shape index (κ1) is 17.4. The van der Waals surface area contributed by atoms with Crippen LogP contribution in [0.2, 0.25) is 5.02 Å². The van der Waals surface area contributed by atoms with E-state index in [-0.39, 0.29) is 31.4 Å². The van der Waals surface area contributed by atoms with Gasteiger partial charge in [0, 0.05) is 17.7 Å². The highest BCUT2D eigenvalue weighted by Crippen LogP contribution is 2.24. The van der Waals surface area contributed by atoms with Crippen LogP contribution in [-0.2, 0) is 22.6 Å². The molecule has 0 atom stereocenters. The number of rotatable bonds is 6. The minimum atomic E-state index is -0.375. The molecule has 0 saturated carbocycles. The standard InChI is InChI=1S/C18H17ClFN3O2/c1-25-11-18(24)21-9-17-22-15-7-2-3-8-16(15)23(17)10-12-13(19)5-4-6-14(12)20/h2-8H,9-11H2,1H3,(H,21,24). The number of imidazole rings is 1. The molecule has 3 aromatic rings. The molecule has 0 radical (unpaired) electrons. The Labute approximate surface area is 149 Å². The van der Waals surface area contributed by atoms with E-state index in [2.05, 4.69) is 10.3 Å². The number of carbonyl (C=O) groups is 1. The predicted molar refractivity (Wildman–Crippen MR) is 94.0 cm³/mol. The van der Waals surface area contributed by atoms with Gasteiger partial charge in [0.25, 0.3) is 0 Å². The number of benzene rings is 2. The largest absolute Gasteiger partial charge is 0.375 e. The highest BCUT2D eigenvalue weighted by atomic mass is 35.5. The molecule has 1 N–H and O–H groups in total. The van der Waals surface area contributed by atoms with Crippen LogP contribution in [0.5, 0.6) is 0 Å². The molecular weight excluding hydrogens is 345 g/mol. The van der Waals surface area contributed by atoms with Crippen molar-refractivity contribution in [2.75, 3.05) is 13.7 Å². The number of nitrogens with one attached hydrogen (secondary N) is 1. The van der Waals surface area contributed by atoms with E-state index in [0.29, 0.717) is 16.4 Å². The van der Waals surface area contributed by atoms with Crippen molar-refractivity contribution in [1.29, 1.82) is 0 Å². The van der Waals surface area contributed by atoms with Crippen LogP contribution in [0.1, 0.15) is 11.4 Å². The van der Waals surface area contributed by atoms with Gasteiger partial charge in [-0.05, 0) is 24.3 Å². The molecular formula is C18H17ClFN3O2. The summed E-state index contributed by atoms with van der Waals surface area (Å²) < 4.78 is 20.8. The smallest absolute Gasteiger partial charge is 0.246 e. The van der Waals surface area contributed by atoms with E-state index in [4.69, 9.17) is 16.3 Å². The molecule has 1 amide bonds. The summed E-state index contributed by atoms with van der Waals surface area (Å²) in [5, 5.41) is 3.10. The Morgan fingerprint density at radius 3 is 2.84 bits per heavy atom. The molecule has 1 aromatic heterocycles. The van der Waals surface area contributed by atoms with Crippen LogP contribution in [-0.4, -0.2) is 29.2 Å². The maximum atomic E-state index is 14.2. The molecule has 7 heteroatoms. The van der Waals surface area contributed by atoms with Gasteiger partial charge in [0.1, 0.15) is 18.2 Å². The van der Waals surface area contributed by atoms with Crippen molar-refractivity contribution in [3.8, 4) is 0 Å². The zero-order chi connectivity index (χ0) is 17.8. The van der Waals surface area contributed by atoms with Crippen molar-refractivity contribution < 1.29 is 13.9 Å². The van der Waals surface area contributed by atoms with Crippen molar-refractivity contribution >= 4 is 28.5 Å². The van der Waals surface area contributed by atoms with Crippen molar-refractivity contribution in [3.63, 3.8) is 0 Å². The van der Waals surface area contributed by atoms with E-state index in [1.165, 1.54) is 13.2 Å². The number of hydrogen-bond donors (Lipinski definition) is 1. The van der Waals surface area contributed by atoms with Crippen molar-refractivity contribution in [2.45, 2.75) is 13.1 Å². The summed E-state index contributed by atoms with van der Waals surface area (Å²) >= 11 is 6.16. The molecule has 2 aromatic carbocycles. The molecule has 25 heavy (non-hydrogen) atoms. The van der Waals surface area contributed by atoms with Gasteiger partial charge >= 0.3 is 0 Å². The number of ether oxygens (including phenoxy) is 1. The molecule has 0 fully saturated rings. The van der Waals surface area contributed by atoms with Crippen LogP contribution in [0.15, 0.2) is 42.5 Å². The second kappa shape index (κ2) is 7.63. The number of halogens is 2. The van der Waals surface area contributed by atoms with Gasteiger partial charge in [0.05, 0.1) is 24.1 Å². The van der Waals surface area contributed by atoms with Crippen molar-refractivity contribution in [1.82, 2.24) is 14.9 Å². The number of methoxy groups -OCH3 is 1. The van der Waals surface area contributed by atoms with E-state index in [1.54, 1.807) is 12.1 Å². The van der Waals surface area contributed by atoms with Gasteiger partial charge in [-0.15, -0.1) is 0 Å². The Hall–Kier alpha value is -2.44. The first-order chi connectivity index (χ1) is 12.1. The van der Waals surface area contributed by atoms with E-state index in [0.717, 1.165) is 11.0 Å². The lowest BCUT2D eigenvalue weighted by Gasteiger charge is -2.12. The Morgan fingerprint density at radius 1 is 1.28 bits per heavy atom. The molecule has 0 bridgehead atoms. The summed E-state index contributed by atoms with van der Waals surface area (Å²) in [5.41, 5.74) is 2.00. The second-order valence-corrected chi connectivity index (χ2v) is 5.92. The quantitative estimate of drug-likeness (QED) is 0.733. The third-order valence-electron chi connectivity index (χ3n) is 3.83. The summed E-state index contributed by atoms with van der Waals surface area (Å²) in [6.45, 7) is 0.407. The van der Waals surface area contributed by atoms with E-state index in [9.17, 15) is 9.18 Å². The van der Waals surface area contributed by atoms with Gasteiger partial charge in [-0.2, -0.15) is 0 Å². The lowest BCUT2D eigenvalue weighted by molar-refractivity contribution is -0.124. The predicted octanol–water partition coefficient (Wildman–Crippen LogP) is 3.14. The maximum Gasteiger partial charge on any atom is 0.246 e. The highest BCUT2D eigenvalue weighted by molar-refractivity contribution is 6.31. The van der Waals surface area contributed by atoms with Crippen LogP contribution in [0, 0.1) is 5.82 Å². The number of nitrogens with zero attached hydrogens (tertiary/aromatic N) is 2. The Bertz CT molecular complexity index is 890. The third kappa shape index (κ3) is 3.81. The number of fused-ring (bicyclic) bond motifs is 1. The maximum absolute atomic E-state index is 14.2. The monoisotopic (exact) mass is 361 g/mol. The number of para-hydroxylation sites is 2. The lowest BCUT2D eigenvalue weighted by atomic mass is 10.2. The average Bonchev–Trinajstić information content (AvgIpc) is 2.94. The molecule has 130 valence electrons. The number of carbonyl (C=O) groups excluding carboxylic acids is 1. The topological polar surface area (TPSA) is 56.1 Å². The molecule has 3 rings (SSSR count). The summed E-state index contributed by atoms with van der Waals surface area (Å²) in [5.74, 6) is -0.00495. The molecule has 0 aliphatic heterocycles. The van der Waals surface area contributed by atoms with Crippen LogP contribution in [0.4, 0.5) is 4.39 Å². The van der Waals surface area contributed by atoms with E-state index in [1.807, 2.05) is 28.8 Å². The second-order valence-electron chi connectivity index (χ2n) is 5.51. The van der Waals surface area contributed by atoms with Gasteiger partial charge in [0.2, 0.25) is 5.91 Å². The third-order valence-corrected chi connectivity index (χ3v) is 4.18. The molecule has 0 unspecified atom stereocenters. The van der Waals surface area contributed by atoms with Crippen molar-refractivity contribution in [2.24, 2.45) is 0 Å². The van der Waals surface area contributed by atoms with Gasteiger partial charge < -0.3 is 14.6 Å². The normalized spacial score (nSPS) is 11.0.